The van der Waals surface area contributed by atoms with Crippen molar-refractivity contribution >= 4 is 17.9 Å². The van der Waals surface area contributed by atoms with Crippen molar-refractivity contribution in [3.8, 4) is 11.5 Å². The lowest BCUT2D eigenvalue weighted by atomic mass is 10.1. The molecular weight excluding hydrogens is 392 g/mol. The zero-order valence-corrected chi connectivity index (χ0v) is 17.2. The summed E-state index contributed by atoms with van der Waals surface area (Å²) in [7, 11) is 0. The molecule has 31 heavy (non-hydrogen) atoms. The number of rotatable bonds is 8. The van der Waals surface area contributed by atoms with Gasteiger partial charge in [-0.15, -0.1) is 0 Å². The fraction of sp³-hybridized carbons (Fsp3) is 0.120. The Morgan fingerprint density at radius 2 is 1.45 bits per heavy atom. The summed E-state index contributed by atoms with van der Waals surface area (Å²) >= 11 is 0. The summed E-state index contributed by atoms with van der Waals surface area (Å²) < 4.78 is 11.2. The maximum atomic E-state index is 12.2. The number of hydrogen-bond donors (Lipinski definition) is 2. The summed E-state index contributed by atoms with van der Waals surface area (Å²) in [4.78, 5) is 24.1. The first-order chi connectivity index (χ1) is 15.1. The molecule has 2 amide bonds. The third-order valence-electron chi connectivity index (χ3n) is 4.28. The highest BCUT2D eigenvalue weighted by molar-refractivity contribution is 5.97. The SMILES string of the molecule is CCOc1ccc(OCc2ccc(C(=O)NNC(=O)/C=C/c3ccccc3)cc2)cc1. The summed E-state index contributed by atoms with van der Waals surface area (Å²) in [6, 6.07) is 23.8. The van der Waals surface area contributed by atoms with Crippen LogP contribution in [0.5, 0.6) is 11.5 Å². The molecule has 3 aromatic rings. The Bertz CT molecular complexity index is 1010. The van der Waals surface area contributed by atoms with E-state index >= 15 is 0 Å². The first-order valence-electron chi connectivity index (χ1n) is 9.92. The Hall–Kier alpha value is -4.06. The molecule has 0 fully saturated rings. The van der Waals surface area contributed by atoms with E-state index in [4.69, 9.17) is 9.47 Å². The van der Waals surface area contributed by atoms with Crippen molar-refractivity contribution in [3.05, 3.63) is 102 Å². The molecular formula is C25H24N2O4. The van der Waals surface area contributed by atoms with Crippen LogP contribution >= 0.6 is 0 Å². The molecule has 0 aromatic heterocycles. The number of carbonyl (C=O) groups is 2. The quantitative estimate of drug-likeness (QED) is 0.427. The van der Waals surface area contributed by atoms with Crippen molar-refractivity contribution in [3.63, 3.8) is 0 Å². The second-order valence-electron chi connectivity index (χ2n) is 6.58. The summed E-state index contributed by atoms with van der Waals surface area (Å²) in [5.41, 5.74) is 7.00. The molecule has 0 spiro atoms. The minimum absolute atomic E-state index is 0.372. The van der Waals surface area contributed by atoms with Gasteiger partial charge in [-0.3, -0.25) is 20.4 Å². The third kappa shape index (κ3) is 7.04. The number of hydrazine groups is 1. The van der Waals surface area contributed by atoms with Gasteiger partial charge in [-0.2, -0.15) is 0 Å². The Kier molecular flexibility index (Phi) is 7.83. The van der Waals surface area contributed by atoms with E-state index in [9.17, 15) is 9.59 Å². The Morgan fingerprint density at radius 1 is 0.806 bits per heavy atom. The largest absolute Gasteiger partial charge is 0.494 e. The van der Waals surface area contributed by atoms with Crippen LogP contribution in [0, 0.1) is 0 Å². The van der Waals surface area contributed by atoms with Crippen LogP contribution in [0.3, 0.4) is 0 Å². The van der Waals surface area contributed by atoms with Gasteiger partial charge in [0.15, 0.2) is 0 Å². The van der Waals surface area contributed by atoms with Crippen LogP contribution in [0.1, 0.15) is 28.4 Å². The van der Waals surface area contributed by atoms with Gasteiger partial charge < -0.3 is 9.47 Å². The first kappa shape index (κ1) is 21.6. The Labute approximate surface area is 181 Å². The van der Waals surface area contributed by atoms with E-state index in [2.05, 4.69) is 10.9 Å². The molecule has 6 nitrogen and oxygen atoms in total. The molecule has 3 aromatic carbocycles. The monoisotopic (exact) mass is 416 g/mol. The molecule has 158 valence electrons. The van der Waals surface area contributed by atoms with E-state index in [0.717, 1.165) is 22.6 Å². The number of amides is 2. The highest BCUT2D eigenvalue weighted by Crippen LogP contribution is 2.18. The molecule has 0 radical (unpaired) electrons. The average Bonchev–Trinajstić information content (AvgIpc) is 2.82. The number of nitrogens with one attached hydrogen (secondary N) is 2. The van der Waals surface area contributed by atoms with Gasteiger partial charge in [-0.25, -0.2) is 0 Å². The van der Waals surface area contributed by atoms with Gasteiger partial charge in [0.05, 0.1) is 6.61 Å². The van der Waals surface area contributed by atoms with Gasteiger partial charge in [0, 0.05) is 11.6 Å². The number of ether oxygens (including phenoxy) is 2. The van der Waals surface area contributed by atoms with Gasteiger partial charge in [0.1, 0.15) is 18.1 Å². The fourth-order valence-corrected chi connectivity index (χ4v) is 2.69. The minimum atomic E-state index is -0.419. The average molecular weight is 416 g/mol. The molecule has 6 heteroatoms. The topological polar surface area (TPSA) is 76.7 Å². The lowest BCUT2D eigenvalue weighted by Crippen LogP contribution is -2.40. The van der Waals surface area contributed by atoms with Crippen molar-refractivity contribution in [2.75, 3.05) is 6.61 Å². The lowest BCUT2D eigenvalue weighted by molar-refractivity contribution is -0.117. The van der Waals surface area contributed by atoms with Crippen LogP contribution in [0.4, 0.5) is 0 Å². The molecule has 3 rings (SSSR count). The molecule has 0 heterocycles. The molecule has 0 aliphatic rings. The molecule has 2 N–H and O–H groups in total. The van der Waals surface area contributed by atoms with Gasteiger partial charge in [-0.05, 0) is 60.5 Å². The second kappa shape index (κ2) is 11.2. The minimum Gasteiger partial charge on any atom is -0.494 e. The van der Waals surface area contributed by atoms with Gasteiger partial charge >= 0.3 is 0 Å². The molecule has 0 saturated heterocycles. The highest BCUT2D eigenvalue weighted by atomic mass is 16.5. The first-order valence-corrected chi connectivity index (χ1v) is 9.92. The van der Waals surface area contributed by atoms with E-state index in [1.54, 1.807) is 30.3 Å². The van der Waals surface area contributed by atoms with Crippen molar-refractivity contribution in [2.24, 2.45) is 0 Å². The maximum absolute atomic E-state index is 12.2. The van der Waals surface area contributed by atoms with Crippen LogP contribution in [0.25, 0.3) is 6.08 Å². The smallest absolute Gasteiger partial charge is 0.269 e. The van der Waals surface area contributed by atoms with Crippen molar-refractivity contribution < 1.29 is 19.1 Å². The molecule has 0 atom stereocenters. The van der Waals surface area contributed by atoms with Crippen LogP contribution in [-0.2, 0) is 11.4 Å². The summed E-state index contributed by atoms with van der Waals surface area (Å²) in [6.07, 6.45) is 3.03. The Balaban J connectivity index is 1.45. The number of carbonyl (C=O) groups excluding carboxylic acids is 2. The normalized spacial score (nSPS) is 10.5. The van der Waals surface area contributed by atoms with E-state index in [-0.39, 0.29) is 0 Å². The Morgan fingerprint density at radius 3 is 2.10 bits per heavy atom. The third-order valence-corrected chi connectivity index (χ3v) is 4.28. The molecule has 0 unspecified atom stereocenters. The van der Waals surface area contributed by atoms with Crippen molar-refractivity contribution in [1.82, 2.24) is 10.9 Å². The van der Waals surface area contributed by atoms with Crippen LogP contribution in [0.15, 0.2) is 84.9 Å². The predicted octanol–water partition coefficient (Wildman–Crippen LogP) is 4.14. The molecule has 0 bridgehead atoms. The van der Waals surface area contributed by atoms with E-state index in [1.807, 2.05) is 61.5 Å². The lowest BCUT2D eigenvalue weighted by Gasteiger charge is -2.09. The second-order valence-corrected chi connectivity index (χ2v) is 6.58. The van der Waals surface area contributed by atoms with E-state index in [1.165, 1.54) is 6.08 Å². The van der Waals surface area contributed by atoms with Crippen LogP contribution < -0.4 is 20.3 Å². The van der Waals surface area contributed by atoms with Crippen molar-refractivity contribution in [2.45, 2.75) is 13.5 Å². The van der Waals surface area contributed by atoms with Crippen LogP contribution in [-0.4, -0.2) is 18.4 Å². The zero-order valence-electron chi connectivity index (χ0n) is 17.2. The molecule has 0 aliphatic heterocycles. The summed E-state index contributed by atoms with van der Waals surface area (Å²) in [6.45, 7) is 2.93. The zero-order chi connectivity index (χ0) is 21.9. The number of hydrogen-bond acceptors (Lipinski definition) is 4. The van der Waals surface area contributed by atoms with Gasteiger partial charge in [0.2, 0.25) is 0 Å². The maximum Gasteiger partial charge on any atom is 0.269 e. The van der Waals surface area contributed by atoms with E-state index in [0.29, 0.717) is 18.8 Å². The number of benzene rings is 3. The standard InChI is InChI=1S/C25H24N2O4/c1-2-30-22-13-15-23(16-14-22)31-18-20-8-11-21(12-9-20)25(29)27-26-24(28)17-10-19-6-4-3-5-7-19/h3-17H,2,18H2,1H3,(H,26,28)(H,27,29)/b17-10+. The van der Waals surface area contributed by atoms with Gasteiger partial charge in [-0.1, -0.05) is 42.5 Å². The predicted molar refractivity (Wildman–Crippen MR) is 119 cm³/mol. The highest BCUT2D eigenvalue weighted by Gasteiger charge is 2.06. The van der Waals surface area contributed by atoms with Crippen LogP contribution in [0.2, 0.25) is 0 Å². The molecule has 0 aliphatic carbocycles. The summed E-state index contributed by atoms with van der Waals surface area (Å²) in [5.74, 6) is 0.711. The fourth-order valence-electron chi connectivity index (χ4n) is 2.69. The van der Waals surface area contributed by atoms with Crippen molar-refractivity contribution in [1.29, 1.82) is 0 Å². The van der Waals surface area contributed by atoms with E-state index < -0.39 is 11.8 Å². The van der Waals surface area contributed by atoms with Gasteiger partial charge in [0.25, 0.3) is 11.8 Å². The molecule has 0 saturated carbocycles. The summed E-state index contributed by atoms with van der Waals surface area (Å²) in [5, 5.41) is 0.